The molecule has 0 saturated carbocycles. The van der Waals surface area contributed by atoms with Gasteiger partial charge in [-0.3, -0.25) is 9.59 Å². The van der Waals surface area contributed by atoms with E-state index >= 15 is 0 Å². The summed E-state index contributed by atoms with van der Waals surface area (Å²) in [6.45, 7) is 2.07. The van der Waals surface area contributed by atoms with E-state index in [4.69, 9.17) is 14.6 Å². The molecule has 1 aromatic rings. The molecule has 0 saturated heterocycles. The third-order valence-corrected chi connectivity index (χ3v) is 3.06. The minimum Gasteiger partial charge on any atom is -0.481 e. The van der Waals surface area contributed by atoms with Crippen LogP contribution in [0.2, 0.25) is 0 Å². The van der Waals surface area contributed by atoms with Gasteiger partial charge in [0.1, 0.15) is 6.61 Å². The van der Waals surface area contributed by atoms with Crippen molar-refractivity contribution in [1.82, 2.24) is 5.32 Å². The van der Waals surface area contributed by atoms with E-state index in [1.54, 1.807) is 6.92 Å². The molecule has 1 aromatic carbocycles. The standard InChI is InChI=1S/C16H23NO5/c1-16(12-21-2,10-15(19)20)17-14(18)11-22-9-8-13-6-4-3-5-7-13/h3-7H,8-12H2,1-2H3,(H,17,18)(H,19,20). The minimum atomic E-state index is -0.996. The zero-order valence-electron chi connectivity index (χ0n) is 13.0. The summed E-state index contributed by atoms with van der Waals surface area (Å²) in [6, 6.07) is 9.82. The predicted molar refractivity (Wildman–Crippen MR) is 81.6 cm³/mol. The Morgan fingerprint density at radius 2 is 1.95 bits per heavy atom. The third-order valence-electron chi connectivity index (χ3n) is 3.06. The maximum atomic E-state index is 11.8. The van der Waals surface area contributed by atoms with Crippen molar-refractivity contribution in [3.63, 3.8) is 0 Å². The topological polar surface area (TPSA) is 84.9 Å². The highest BCUT2D eigenvalue weighted by Crippen LogP contribution is 2.10. The first-order chi connectivity index (χ1) is 10.4. The Balaban J connectivity index is 2.33. The van der Waals surface area contributed by atoms with Gasteiger partial charge in [0.05, 0.1) is 25.2 Å². The highest BCUT2D eigenvalue weighted by atomic mass is 16.5. The zero-order valence-corrected chi connectivity index (χ0v) is 13.0. The first-order valence-corrected chi connectivity index (χ1v) is 7.08. The molecule has 6 heteroatoms. The fourth-order valence-corrected chi connectivity index (χ4v) is 2.16. The molecule has 0 heterocycles. The van der Waals surface area contributed by atoms with Crippen molar-refractivity contribution in [2.24, 2.45) is 0 Å². The summed E-state index contributed by atoms with van der Waals surface area (Å²) in [5, 5.41) is 11.5. The van der Waals surface area contributed by atoms with Gasteiger partial charge in [-0.1, -0.05) is 30.3 Å². The van der Waals surface area contributed by atoms with Gasteiger partial charge in [0.25, 0.3) is 0 Å². The maximum Gasteiger partial charge on any atom is 0.305 e. The highest BCUT2D eigenvalue weighted by Gasteiger charge is 2.29. The number of benzene rings is 1. The lowest BCUT2D eigenvalue weighted by Crippen LogP contribution is -2.51. The van der Waals surface area contributed by atoms with Crippen molar-refractivity contribution in [2.45, 2.75) is 25.3 Å². The van der Waals surface area contributed by atoms with Crippen LogP contribution >= 0.6 is 0 Å². The number of carboxylic acids is 1. The van der Waals surface area contributed by atoms with E-state index in [9.17, 15) is 9.59 Å². The summed E-state index contributed by atoms with van der Waals surface area (Å²) >= 11 is 0. The van der Waals surface area contributed by atoms with Crippen LogP contribution in [-0.2, 0) is 25.5 Å². The molecule has 22 heavy (non-hydrogen) atoms. The van der Waals surface area contributed by atoms with Gasteiger partial charge in [-0.2, -0.15) is 0 Å². The molecular weight excluding hydrogens is 286 g/mol. The largest absolute Gasteiger partial charge is 0.481 e. The van der Waals surface area contributed by atoms with Crippen LogP contribution in [0.15, 0.2) is 30.3 Å². The lowest BCUT2D eigenvalue weighted by atomic mass is 9.99. The number of carbonyl (C=O) groups excluding carboxylic acids is 1. The summed E-state index contributed by atoms with van der Waals surface area (Å²) in [6.07, 6.45) is 0.509. The fraction of sp³-hybridized carbons (Fsp3) is 0.500. The molecule has 1 unspecified atom stereocenters. The minimum absolute atomic E-state index is 0.105. The second kappa shape index (κ2) is 9.17. The summed E-state index contributed by atoms with van der Waals surface area (Å²) in [5.74, 6) is -1.35. The Kier molecular flexibility index (Phi) is 7.56. The Morgan fingerprint density at radius 1 is 1.27 bits per heavy atom. The monoisotopic (exact) mass is 309 g/mol. The van der Waals surface area contributed by atoms with Crippen LogP contribution in [-0.4, -0.2) is 49.5 Å². The number of aliphatic carboxylic acids is 1. The van der Waals surface area contributed by atoms with Gasteiger partial charge in [0.15, 0.2) is 0 Å². The Labute approximate surface area is 130 Å². The number of carbonyl (C=O) groups is 2. The first-order valence-electron chi connectivity index (χ1n) is 7.08. The quantitative estimate of drug-likeness (QED) is 0.635. The van der Waals surface area contributed by atoms with Crippen molar-refractivity contribution in [3.8, 4) is 0 Å². The molecule has 1 atom stereocenters. The SMILES string of the molecule is COCC(C)(CC(=O)O)NC(=O)COCCc1ccccc1. The van der Waals surface area contributed by atoms with E-state index in [-0.39, 0.29) is 25.5 Å². The van der Waals surface area contributed by atoms with E-state index in [1.165, 1.54) is 7.11 Å². The van der Waals surface area contributed by atoms with Crippen molar-refractivity contribution < 1.29 is 24.2 Å². The summed E-state index contributed by atoms with van der Waals surface area (Å²) in [7, 11) is 1.46. The lowest BCUT2D eigenvalue weighted by molar-refractivity contribution is -0.140. The van der Waals surface area contributed by atoms with Crippen LogP contribution < -0.4 is 5.32 Å². The van der Waals surface area contributed by atoms with Gasteiger partial charge in [-0.25, -0.2) is 0 Å². The molecule has 0 bridgehead atoms. The maximum absolute atomic E-state index is 11.8. The van der Waals surface area contributed by atoms with Crippen LogP contribution in [0.5, 0.6) is 0 Å². The Hall–Kier alpha value is -1.92. The zero-order chi connectivity index (χ0) is 16.4. The number of amides is 1. The van der Waals surface area contributed by atoms with E-state index in [2.05, 4.69) is 5.32 Å². The Bertz CT molecular complexity index is 477. The van der Waals surface area contributed by atoms with Crippen LogP contribution in [0, 0.1) is 0 Å². The summed E-state index contributed by atoms with van der Waals surface area (Å²) in [4.78, 5) is 22.7. The summed E-state index contributed by atoms with van der Waals surface area (Å²) in [5.41, 5.74) is 0.193. The van der Waals surface area contributed by atoms with Gasteiger partial charge >= 0.3 is 5.97 Å². The van der Waals surface area contributed by atoms with E-state index in [1.807, 2.05) is 30.3 Å². The number of hydrogen-bond acceptors (Lipinski definition) is 4. The average molecular weight is 309 g/mol. The van der Waals surface area contributed by atoms with Crippen molar-refractivity contribution in [3.05, 3.63) is 35.9 Å². The normalized spacial score (nSPS) is 13.4. The molecule has 0 radical (unpaired) electrons. The molecule has 1 rings (SSSR count). The fourth-order valence-electron chi connectivity index (χ4n) is 2.16. The molecular formula is C16H23NO5. The van der Waals surface area contributed by atoms with Gasteiger partial charge in [0, 0.05) is 7.11 Å². The van der Waals surface area contributed by atoms with Crippen molar-refractivity contribution in [2.75, 3.05) is 26.9 Å². The van der Waals surface area contributed by atoms with Crippen LogP contribution in [0.3, 0.4) is 0 Å². The van der Waals surface area contributed by atoms with E-state index in [0.717, 1.165) is 12.0 Å². The first kappa shape index (κ1) is 18.1. The van der Waals surface area contributed by atoms with Crippen LogP contribution in [0.1, 0.15) is 18.9 Å². The number of ether oxygens (including phenoxy) is 2. The van der Waals surface area contributed by atoms with Crippen molar-refractivity contribution in [1.29, 1.82) is 0 Å². The second-order valence-electron chi connectivity index (χ2n) is 5.40. The number of hydrogen-bond donors (Lipinski definition) is 2. The number of carboxylic acid groups (broad SMARTS) is 1. The van der Waals surface area contributed by atoms with E-state index in [0.29, 0.717) is 6.61 Å². The molecule has 0 spiro atoms. The average Bonchev–Trinajstić information content (AvgIpc) is 2.43. The molecule has 2 N–H and O–H groups in total. The molecule has 6 nitrogen and oxygen atoms in total. The third kappa shape index (κ3) is 7.19. The number of nitrogens with one attached hydrogen (secondary N) is 1. The predicted octanol–water partition coefficient (Wildman–Crippen LogP) is 1.24. The summed E-state index contributed by atoms with van der Waals surface area (Å²) < 4.78 is 10.3. The highest BCUT2D eigenvalue weighted by molar-refractivity contribution is 5.79. The smallest absolute Gasteiger partial charge is 0.305 e. The molecule has 0 aliphatic carbocycles. The molecule has 0 aliphatic rings. The molecule has 1 amide bonds. The Morgan fingerprint density at radius 3 is 2.55 bits per heavy atom. The van der Waals surface area contributed by atoms with Crippen LogP contribution in [0.25, 0.3) is 0 Å². The van der Waals surface area contributed by atoms with E-state index < -0.39 is 11.5 Å². The molecule has 0 aromatic heterocycles. The van der Waals surface area contributed by atoms with Gasteiger partial charge < -0.3 is 19.9 Å². The van der Waals surface area contributed by atoms with Gasteiger partial charge in [-0.05, 0) is 18.9 Å². The van der Waals surface area contributed by atoms with Gasteiger partial charge in [-0.15, -0.1) is 0 Å². The lowest BCUT2D eigenvalue weighted by Gasteiger charge is -2.28. The molecule has 122 valence electrons. The second-order valence-corrected chi connectivity index (χ2v) is 5.40. The van der Waals surface area contributed by atoms with Crippen molar-refractivity contribution >= 4 is 11.9 Å². The van der Waals surface area contributed by atoms with Gasteiger partial charge in [0.2, 0.25) is 5.91 Å². The molecule has 0 aliphatic heterocycles. The molecule has 0 fully saturated rings. The number of methoxy groups -OCH3 is 1. The van der Waals surface area contributed by atoms with Crippen LogP contribution in [0.4, 0.5) is 0 Å². The number of rotatable bonds is 10.